The first kappa shape index (κ1) is 15.9. The maximum Gasteiger partial charge on any atom is 0.264 e. The lowest BCUT2D eigenvalue weighted by atomic mass is 10.2. The first-order valence-electron chi connectivity index (χ1n) is 6.56. The van der Waals surface area contributed by atoms with Crippen molar-refractivity contribution in [3.05, 3.63) is 63.0 Å². The van der Waals surface area contributed by atoms with Crippen LogP contribution in [0, 0.1) is 0 Å². The molecule has 0 spiro atoms. The Morgan fingerprint density at radius 1 is 1.13 bits per heavy atom. The number of aromatic hydroxyl groups is 1. The lowest BCUT2D eigenvalue weighted by Gasteiger charge is -2.01. The van der Waals surface area contributed by atoms with E-state index in [-0.39, 0.29) is 11.7 Å². The summed E-state index contributed by atoms with van der Waals surface area (Å²) in [6, 6.07) is 11.9. The van der Waals surface area contributed by atoms with Gasteiger partial charge in [-0.2, -0.15) is 0 Å². The van der Waals surface area contributed by atoms with Gasteiger partial charge < -0.3 is 10.4 Å². The van der Waals surface area contributed by atoms with Crippen molar-refractivity contribution in [3.63, 3.8) is 0 Å². The second-order valence-corrected chi connectivity index (χ2v) is 6.43. The minimum absolute atomic E-state index is 0.108. The minimum atomic E-state index is -0.282. The predicted octanol–water partition coefficient (Wildman–Crippen LogP) is 4.59. The molecule has 116 valence electrons. The van der Waals surface area contributed by atoms with Crippen molar-refractivity contribution in [2.75, 3.05) is 0 Å². The van der Waals surface area contributed by atoms with Gasteiger partial charge >= 0.3 is 0 Å². The van der Waals surface area contributed by atoms with Crippen LogP contribution >= 0.6 is 35.0 Å². The second-order valence-electron chi connectivity index (χ2n) is 4.61. The summed E-state index contributed by atoms with van der Waals surface area (Å²) in [6.07, 6.45) is 1.61. The quantitative estimate of drug-likeness (QED) is 0.766. The van der Waals surface area contributed by atoms with Gasteiger partial charge in [-0.25, -0.2) is 4.99 Å². The average molecular weight is 365 g/mol. The molecule has 0 aromatic heterocycles. The molecule has 1 aliphatic heterocycles. The van der Waals surface area contributed by atoms with E-state index in [0.29, 0.717) is 31.4 Å². The highest BCUT2D eigenvalue weighted by Crippen LogP contribution is 2.35. The van der Waals surface area contributed by atoms with Crippen molar-refractivity contribution < 1.29 is 9.90 Å². The van der Waals surface area contributed by atoms with Crippen LogP contribution in [0.2, 0.25) is 10.0 Å². The number of nitrogens with zero attached hydrogens (tertiary/aromatic N) is 1. The Kier molecular flexibility index (Phi) is 4.61. The topological polar surface area (TPSA) is 61.7 Å². The van der Waals surface area contributed by atoms with Crippen LogP contribution in [0.4, 0.5) is 5.69 Å². The fourth-order valence-corrected chi connectivity index (χ4v) is 3.08. The molecule has 0 bridgehead atoms. The molecule has 23 heavy (non-hydrogen) atoms. The second kappa shape index (κ2) is 6.66. The number of amidine groups is 1. The number of phenolic OH excluding ortho intramolecular Hbond substituents is 1. The van der Waals surface area contributed by atoms with Crippen molar-refractivity contribution in [2.45, 2.75) is 0 Å². The number of carbonyl (C=O) groups excluding carboxylic acids is 1. The maximum absolute atomic E-state index is 12.0. The molecular formula is C16H10Cl2N2O2S. The van der Waals surface area contributed by atoms with E-state index in [1.54, 1.807) is 48.5 Å². The van der Waals surface area contributed by atoms with Gasteiger partial charge in [0.25, 0.3) is 5.91 Å². The minimum Gasteiger partial charge on any atom is -0.507 e. The summed E-state index contributed by atoms with van der Waals surface area (Å²) < 4.78 is 0. The number of nitrogens with one attached hydrogen (secondary N) is 1. The molecule has 0 saturated carbocycles. The summed E-state index contributed by atoms with van der Waals surface area (Å²) in [4.78, 5) is 16.8. The summed E-state index contributed by atoms with van der Waals surface area (Å²) in [5, 5.41) is 13.6. The van der Waals surface area contributed by atoms with Crippen LogP contribution in [0.1, 0.15) is 5.56 Å². The van der Waals surface area contributed by atoms with Crippen LogP contribution in [-0.2, 0) is 4.79 Å². The van der Waals surface area contributed by atoms with E-state index in [1.165, 1.54) is 11.8 Å². The third-order valence-electron chi connectivity index (χ3n) is 3.03. The van der Waals surface area contributed by atoms with Gasteiger partial charge in [0.15, 0.2) is 5.17 Å². The van der Waals surface area contributed by atoms with Gasteiger partial charge in [0.05, 0.1) is 20.6 Å². The number of halogens is 2. The summed E-state index contributed by atoms with van der Waals surface area (Å²) in [7, 11) is 0. The molecule has 1 fully saturated rings. The van der Waals surface area contributed by atoms with Gasteiger partial charge in [-0.1, -0.05) is 47.5 Å². The first-order valence-corrected chi connectivity index (χ1v) is 8.13. The van der Waals surface area contributed by atoms with Gasteiger partial charge in [0.1, 0.15) is 5.75 Å². The lowest BCUT2D eigenvalue weighted by Crippen LogP contribution is -2.19. The molecule has 0 aliphatic carbocycles. The van der Waals surface area contributed by atoms with Crippen LogP contribution in [-0.4, -0.2) is 16.2 Å². The van der Waals surface area contributed by atoms with Gasteiger partial charge in [0, 0.05) is 5.56 Å². The van der Waals surface area contributed by atoms with Crippen LogP contribution in [0.3, 0.4) is 0 Å². The average Bonchev–Trinajstić information content (AvgIpc) is 2.86. The number of benzene rings is 2. The molecule has 4 nitrogen and oxygen atoms in total. The Labute approximate surface area is 146 Å². The molecule has 1 amide bonds. The van der Waals surface area contributed by atoms with Crippen molar-refractivity contribution in [1.82, 2.24) is 5.32 Å². The Hall–Kier alpha value is -1.95. The molecule has 3 rings (SSSR count). The molecule has 2 N–H and O–H groups in total. The van der Waals surface area contributed by atoms with E-state index in [0.717, 1.165) is 0 Å². The number of hydrogen-bond acceptors (Lipinski definition) is 4. The number of carbonyl (C=O) groups is 1. The number of aliphatic imine (C=N–C) groups is 1. The summed E-state index contributed by atoms with van der Waals surface area (Å²) in [6.45, 7) is 0. The summed E-state index contributed by atoms with van der Waals surface area (Å²) in [5.41, 5.74) is 1.04. The highest BCUT2D eigenvalue weighted by atomic mass is 35.5. The van der Waals surface area contributed by atoms with Gasteiger partial charge in [-0.15, -0.1) is 0 Å². The van der Waals surface area contributed by atoms with E-state index < -0.39 is 0 Å². The summed E-state index contributed by atoms with van der Waals surface area (Å²) >= 11 is 13.2. The number of para-hydroxylation sites is 1. The standard InChI is InChI=1S/C16H10Cl2N2O2S/c17-10-5-3-6-11(14(10)18)19-16-20-15(22)13(23-16)8-9-4-1-2-7-12(9)21/h1-8,21H,(H,19,20,22)/b13-8-. The Morgan fingerprint density at radius 2 is 1.91 bits per heavy atom. The van der Waals surface area contributed by atoms with Crippen molar-refractivity contribution in [3.8, 4) is 5.75 Å². The SMILES string of the molecule is O=C1NC(=Nc2cccc(Cl)c2Cl)S/C1=C\c1ccccc1O. The fourth-order valence-electron chi connectivity index (χ4n) is 1.92. The Bertz CT molecular complexity index is 850. The number of thioether (sulfide) groups is 1. The largest absolute Gasteiger partial charge is 0.507 e. The monoisotopic (exact) mass is 364 g/mol. The van der Waals surface area contributed by atoms with E-state index in [2.05, 4.69) is 10.3 Å². The zero-order chi connectivity index (χ0) is 16.4. The smallest absolute Gasteiger partial charge is 0.264 e. The van der Waals surface area contributed by atoms with E-state index in [1.807, 2.05) is 0 Å². The molecule has 0 atom stereocenters. The van der Waals surface area contributed by atoms with Gasteiger partial charge in [0.2, 0.25) is 0 Å². The molecule has 0 radical (unpaired) electrons. The van der Waals surface area contributed by atoms with Crippen LogP contribution < -0.4 is 5.32 Å². The molecule has 1 heterocycles. The third kappa shape index (κ3) is 3.52. The lowest BCUT2D eigenvalue weighted by molar-refractivity contribution is -0.115. The molecule has 7 heteroatoms. The van der Waals surface area contributed by atoms with E-state index in [9.17, 15) is 9.90 Å². The van der Waals surface area contributed by atoms with E-state index in [4.69, 9.17) is 23.2 Å². The molecule has 1 saturated heterocycles. The molecular weight excluding hydrogens is 355 g/mol. The number of phenols is 1. The summed E-state index contributed by atoms with van der Waals surface area (Å²) in [5.74, 6) is -0.174. The van der Waals surface area contributed by atoms with E-state index >= 15 is 0 Å². The molecule has 1 aliphatic rings. The van der Waals surface area contributed by atoms with Gasteiger partial charge in [-0.05, 0) is 36.0 Å². The van der Waals surface area contributed by atoms with Crippen LogP contribution in [0.5, 0.6) is 5.75 Å². The van der Waals surface area contributed by atoms with Gasteiger partial charge in [-0.3, -0.25) is 4.79 Å². The maximum atomic E-state index is 12.0. The van der Waals surface area contributed by atoms with Crippen LogP contribution in [0.15, 0.2) is 52.4 Å². The Morgan fingerprint density at radius 3 is 2.70 bits per heavy atom. The highest BCUT2D eigenvalue weighted by Gasteiger charge is 2.24. The van der Waals surface area contributed by atoms with Crippen molar-refractivity contribution in [2.24, 2.45) is 4.99 Å². The van der Waals surface area contributed by atoms with Crippen LogP contribution in [0.25, 0.3) is 6.08 Å². The fraction of sp³-hybridized carbons (Fsp3) is 0. The third-order valence-corrected chi connectivity index (χ3v) is 4.75. The van der Waals surface area contributed by atoms with Crippen molar-refractivity contribution in [1.29, 1.82) is 0 Å². The number of rotatable bonds is 2. The normalized spacial score (nSPS) is 17.7. The molecule has 2 aromatic carbocycles. The zero-order valence-electron chi connectivity index (χ0n) is 11.6. The molecule has 2 aromatic rings. The highest BCUT2D eigenvalue weighted by molar-refractivity contribution is 8.18. The number of hydrogen-bond donors (Lipinski definition) is 2. The first-order chi connectivity index (χ1) is 11.0. The zero-order valence-corrected chi connectivity index (χ0v) is 13.9. The number of amides is 1. The predicted molar refractivity (Wildman–Crippen MR) is 95.4 cm³/mol. The molecule has 0 unspecified atom stereocenters. The van der Waals surface area contributed by atoms with Crippen molar-refractivity contribution >= 4 is 57.8 Å². The Balaban J connectivity index is 1.89.